The molecule has 146 valence electrons. The number of nitrogens with two attached hydrogens (primary N) is 1. The fourth-order valence-corrected chi connectivity index (χ4v) is 2.89. The molecule has 0 unspecified atom stereocenters. The third-order valence-electron chi connectivity index (χ3n) is 4.32. The van der Waals surface area contributed by atoms with E-state index in [0.29, 0.717) is 16.3 Å². The molecule has 0 radical (unpaired) electrons. The van der Waals surface area contributed by atoms with E-state index in [9.17, 15) is 18.3 Å². The fourth-order valence-electron chi connectivity index (χ4n) is 2.89. The van der Waals surface area contributed by atoms with Crippen LogP contribution in [0.1, 0.15) is 12.0 Å². The molecule has 2 aromatic heterocycles. The van der Waals surface area contributed by atoms with Crippen molar-refractivity contribution >= 4 is 23.1 Å². The van der Waals surface area contributed by atoms with E-state index < -0.39 is 24.3 Å². The zero-order valence-corrected chi connectivity index (χ0v) is 14.4. The minimum Gasteiger partial charge on any atom is -0.497 e. The molecule has 0 saturated carbocycles. The van der Waals surface area contributed by atoms with Crippen molar-refractivity contribution in [3.63, 3.8) is 0 Å². The number of hydrazone groups is 1. The fraction of sp³-hybridized carbons (Fsp3) is 0.250. The predicted molar refractivity (Wildman–Crippen MR) is 92.8 cm³/mol. The normalized spacial score (nSPS) is 19.9. The molecule has 3 aromatic rings. The van der Waals surface area contributed by atoms with Gasteiger partial charge in [-0.2, -0.15) is 37.9 Å². The highest BCUT2D eigenvalue weighted by molar-refractivity contribution is 6.03. The molecule has 0 amide bonds. The van der Waals surface area contributed by atoms with Gasteiger partial charge < -0.3 is 15.6 Å². The van der Waals surface area contributed by atoms with Gasteiger partial charge in [-0.3, -0.25) is 0 Å². The van der Waals surface area contributed by atoms with Gasteiger partial charge >= 0.3 is 6.18 Å². The highest BCUT2D eigenvalue weighted by Gasteiger charge is 2.63. The molecule has 0 fully saturated rings. The Morgan fingerprint density at radius 1 is 1.25 bits per heavy atom. The lowest BCUT2D eigenvalue weighted by molar-refractivity contribution is -0.254. The summed E-state index contributed by atoms with van der Waals surface area (Å²) in [5.41, 5.74) is 2.93. The lowest BCUT2D eigenvalue weighted by Crippen LogP contribution is -2.55. The molecule has 28 heavy (non-hydrogen) atoms. The van der Waals surface area contributed by atoms with Crippen LogP contribution in [0.5, 0.6) is 5.75 Å². The molecule has 0 saturated heterocycles. The average molecular weight is 393 g/mol. The molecule has 4 rings (SSSR count). The summed E-state index contributed by atoms with van der Waals surface area (Å²) in [4.78, 5) is 7.79. The number of benzene rings is 1. The zero-order valence-electron chi connectivity index (χ0n) is 14.4. The van der Waals surface area contributed by atoms with Gasteiger partial charge in [0, 0.05) is 6.07 Å². The van der Waals surface area contributed by atoms with Crippen molar-refractivity contribution in [2.24, 2.45) is 5.10 Å². The SMILES string of the molecule is COc1ccc(C2=NN(c3nc(N)cc4ncnn34)[C@@](O)(C(F)(F)F)C2)cc1. The molecule has 1 atom stereocenters. The van der Waals surface area contributed by atoms with E-state index in [1.54, 1.807) is 24.3 Å². The van der Waals surface area contributed by atoms with E-state index in [-0.39, 0.29) is 17.2 Å². The standard InChI is InChI=1S/C16H14F3N7O2/c1-28-10-4-2-9(3-5-10)11-7-15(27,16(17,18)19)26(24-11)14-23-12(20)6-13-21-8-22-25(13)14/h2-6,8,27H,7,20H2,1H3/t15-/m0/s1. The number of alkyl halides is 3. The van der Waals surface area contributed by atoms with Crippen molar-refractivity contribution in [2.45, 2.75) is 18.3 Å². The molecule has 0 spiro atoms. The summed E-state index contributed by atoms with van der Waals surface area (Å²) >= 11 is 0. The van der Waals surface area contributed by atoms with Gasteiger partial charge in [0.2, 0.25) is 0 Å². The lowest BCUT2D eigenvalue weighted by atomic mass is 10.0. The maximum atomic E-state index is 13.8. The topological polar surface area (TPSA) is 114 Å². The summed E-state index contributed by atoms with van der Waals surface area (Å²) < 4.78 is 47.5. The Kier molecular flexibility index (Phi) is 3.89. The number of rotatable bonds is 3. The highest BCUT2D eigenvalue weighted by Crippen LogP contribution is 2.43. The number of nitrogen functional groups attached to an aromatic ring is 1. The molecule has 1 aliphatic rings. The van der Waals surface area contributed by atoms with Crippen molar-refractivity contribution in [1.82, 2.24) is 19.6 Å². The van der Waals surface area contributed by atoms with Crippen LogP contribution in [0, 0.1) is 0 Å². The van der Waals surface area contributed by atoms with Crippen molar-refractivity contribution in [1.29, 1.82) is 0 Å². The second kappa shape index (κ2) is 6.05. The van der Waals surface area contributed by atoms with E-state index in [1.807, 2.05) is 0 Å². The Labute approximate surface area is 155 Å². The Morgan fingerprint density at radius 2 is 1.96 bits per heavy atom. The van der Waals surface area contributed by atoms with Crippen molar-refractivity contribution in [2.75, 3.05) is 17.9 Å². The number of hydrogen-bond donors (Lipinski definition) is 2. The van der Waals surface area contributed by atoms with E-state index in [4.69, 9.17) is 10.5 Å². The molecule has 3 heterocycles. The summed E-state index contributed by atoms with van der Waals surface area (Å²) in [6.45, 7) is 0. The molecule has 9 nitrogen and oxygen atoms in total. The number of halogens is 3. The van der Waals surface area contributed by atoms with Crippen LogP contribution in [0.3, 0.4) is 0 Å². The lowest BCUT2D eigenvalue weighted by Gasteiger charge is -2.33. The number of ether oxygens (including phenoxy) is 1. The number of hydrogen-bond acceptors (Lipinski definition) is 8. The molecule has 3 N–H and O–H groups in total. The van der Waals surface area contributed by atoms with Gasteiger partial charge in [0.15, 0.2) is 5.65 Å². The Bertz CT molecular complexity index is 1060. The van der Waals surface area contributed by atoms with Crippen LogP contribution < -0.4 is 15.5 Å². The van der Waals surface area contributed by atoms with Gasteiger partial charge in [0.05, 0.1) is 19.2 Å². The van der Waals surface area contributed by atoms with Crippen molar-refractivity contribution < 1.29 is 23.0 Å². The summed E-state index contributed by atoms with van der Waals surface area (Å²) in [5.74, 6) is 0.0380. The number of aromatic nitrogens is 4. The van der Waals surface area contributed by atoms with Gasteiger partial charge in [-0.1, -0.05) is 0 Å². The third kappa shape index (κ3) is 2.69. The first kappa shape index (κ1) is 18.0. The molecule has 1 aliphatic heterocycles. The molecule has 12 heteroatoms. The summed E-state index contributed by atoms with van der Waals surface area (Å²) in [6, 6.07) is 7.61. The summed E-state index contributed by atoms with van der Waals surface area (Å²) in [6.07, 6.45) is -4.71. The van der Waals surface area contributed by atoms with Crippen LogP contribution in [0.2, 0.25) is 0 Å². The Balaban J connectivity index is 1.87. The van der Waals surface area contributed by atoms with Crippen LogP contribution in [0.4, 0.5) is 24.9 Å². The van der Waals surface area contributed by atoms with Gasteiger partial charge in [0.1, 0.15) is 17.9 Å². The van der Waals surface area contributed by atoms with E-state index in [2.05, 4.69) is 20.2 Å². The highest BCUT2D eigenvalue weighted by atomic mass is 19.4. The van der Waals surface area contributed by atoms with Crippen LogP contribution in [-0.2, 0) is 0 Å². The third-order valence-corrected chi connectivity index (χ3v) is 4.32. The molecular weight excluding hydrogens is 379 g/mol. The summed E-state index contributed by atoms with van der Waals surface area (Å²) in [5, 5.41) is 18.8. The minimum absolute atomic E-state index is 0.0139. The number of nitrogens with zero attached hydrogens (tertiary/aromatic N) is 6. The second-order valence-electron chi connectivity index (χ2n) is 6.09. The van der Waals surface area contributed by atoms with E-state index in [1.165, 1.54) is 13.2 Å². The van der Waals surface area contributed by atoms with Gasteiger partial charge in [0.25, 0.3) is 11.7 Å². The van der Waals surface area contributed by atoms with Crippen molar-refractivity contribution in [3.05, 3.63) is 42.2 Å². The monoisotopic (exact) mass is 393 g/mol. The van der Waals surface area contributed by atoms with Crippen LogP contribution >= 0.6 is 0 Å². The smallest absolute Gasteiger partial charge is 0.438 e. The van der Waals surface area contributed by atoms with Crippen LogP contribution in [-0.4, -0.2) is 49.4 Å². The number of anilines is 2. The zero-order chi connectivity index (χ0) is 20.1. The van der Waals surface area contributed by atoms with E-state index >= 15 is 0 Å². The number of methoxy groups -OCH3 is 1. The van der Waals surface area contributed by atoms with E-state index in [0.717, 1.165) is 10.8 Å². The van der Waals surface area contributed by atoms with Crippen molar-refractivity contribution in [3.8, 4) is 5.75 Å². The van der Waals surface area contributed by atoms with Crippen LogP contribution in [0.15, 0.2) is 41.8 Å². The molecular formula is C16H14F3N7O2. The Morgan fingerprint density at radius 3 is 2.61 bits per heavy atom. The maximum Gasteiger partial charge on any atom is 0.438 e. The molecule has 0 bridgehead atoms. The first-order chi connectivity index (χ1) is 13.2. The molecule has 1 aromatic carbocycles. The van der Waals surface area contributed by atoms with Gasteiger partial charge in [-0.25, -0.2) is 4.98 Å². The van der Waals surface area contributed by atoms with Gasteiger partial charge in [-0.05, 0) is 29.8 Å². The second-order valence-corrected chi connectivity index (χ2v) is 6.09. The number of aliphatic hydroxyl groups is 1. The largest absolute Gasteiger partial charge is 0.497 e. The molecule has 0 aliphatic carbocycles. The first-order valence-electron chi connectivity index (χ1n) is 8.00. The minimum atomic E-state index is -5.04. The summed E-state index contributed by atoms with van der Waals surface area (Å²) in [7, 11) is 1.47. The number of fused-ring (bicyclic) bond motifs is 1. The quantitative estimate of drug-likeness (QED) is 0.694. The predicted octanol–water partition coefficient (Wildman–Crippen LogP) is 1.58. The van der Waals surface area contributed by atoms with Gasteiger partial charge in [-0.15, -0.1) is 0 Å². The average Bonchev–Trinajstić information content (AvgIpc) is 3.25. The maximum absolute atomic E-state index is 13.8. The first-order valence-corrected chi connectivity index (χ1v) is 8.00. The Hall–Kier alpha value is -3.41. The van der Waals surface area contributed by atoms with Crippen LogP contribution in [0.25, 0.3) is 5.65 Å².